The van der Waals surface area contributed by atoms with Crippen LogP contribution in [0.25, 0.3) is 0 Å². The molecule has 0 fully saturated rings. The number of benzene rings is 1. The minimum absolute atomic E-state index is 0.193. The van der Waals surface area contributed by atoms with Gasteiger partial charge in [-0.3, -0.25) is 9.79 Å². The minimum Gasteiger partial charge on any atom is -0.404 e. The van der Waals surface area contributed by atoms with Crippen molar-refractivity contribution in [3.05, 3.63) is 29.8 Å². The molecule has 4 nitrogen and oxygen atoms in total. The van der Waals surface area contributed by atoms with E-state index in [1.54, 1.807) is 12.1 Å². The smallest absolute Gasteiger partial charge is 0.404 e. The third kappa shape index (κ3) is 6.76. The molecule has 1 aromatic rings. The summed E-state index contributed by atoms with van der Waals surface area (Å²) in [6.45, 7) is 8.87. The number of rotatable bonds is 6. The number of hydrogen-bond donors (Lipinski definition) is 2. The lowest BCUT2D eigenvalue weighted by molar-refractivity contribution is 0.281. The first-order chi connectivity index (χ1) is 8.57. The summed E-state index contributed by atoms with van der Waals surface area (Å²) in [5.41, 5.74) is 1.35. The highest BCUT2D eigenvalue weighted by Gasteiger charge is 2.20. The lowest BCUT2D eigenvalue weighted by Crippen LogP contribution is -2.17. The summed E-state index contributed by atoms with van der Waals surface area (Å²) < 4.78 is 15.2. The van der Waals surface area contributed by atoms with Crippen LogP contribution in [0.15, 0.2) is 24.3 Å². The lowest BCUT2D eigenvalue weighted by Gasteiger charge is -2.26. The molecule has 1 aromatic carbocycles. The molecule has 0 bridgehead atoms. The molecule has 0 aromatic heterocycles. The summed E-state index contributed by atoms with van der Waals surface area (Å²) in [7, 11) is -4.46. The van der Waals surface area contributed by atoms with E-state index in [2.05, 4.69) is 32.2 Å². The molecule has 0 radical (unpaired) electrons. The molecule has 0 spiro atoms. The maximum absolute atomic E-state index is 10.7. The van der Waals surface area contributed by atoms with Crippen molar-refractivity contribution in [1.82, 2.24) is 0 Å². The third-order valence-corrected chi connectivity index (χ3v) is 3.24. The Hall–Kier alpha value is -0.830. The Balaban J connectivity index is 2.69. The van der Waals surface area contributed by atoms with Crippen molar-refractivity contribution >= 4 is 7.82 Å². The van der Waals surface area contributed by atoms with Crippen LogP contribution in [0.4, 0.5) is 0 Å². The van der Waals surface area contributed by atoms with Crippen LogP contribution in [0.5, 0.6) is 5.75 Å². The molecule has 0 aliphatic heterocycles. The SMILES string of the molecule is CC(C)CC(C)(C)Cc1ccc(OP(=O)(O)O)cc1. The molecule has 0 aliphatic rings. The van der Waals surface area contributed by atoms with Crippen LogP contribution in [0.1, 0.15) is 39.7 Å². The fourth-order valence-corrected chi connectivity index (χ4v) is 2.93. The molecule has 108 valence electrons. The van der Waals surface area contributed by atoms with Crippen molar-refractivity contribution in [2.45, 2.75) is 40.5 Å². The van der Waals surface area contributed by atoms with Gasteiger partial charge in [-0.25, -0.2) is 4.57 Å². The maximum Gasteiger partial charge on any atom is 0.524 e. The van der Waals surface area contributed by atoms with E-state index in [0.29, 0.717) is 5.92 Å². The van der Waals surface area contributed by atoms with Crippen LogP contribution >= 0.6 is 7.82 Å². The van der Waals surface area contributed by atoms with E-state index in [1.165, 1.54) is 0 Å². The first-order valence-corrected chi connectivity index (χ1v) is 7.94. The summed E-state index contributed by atoms with van der Waals surface area (Å²) in [5, 5.41) is 0. The Bertz CT molecular complexity index is 445. The molecule has 5 heteroatoms. The predicted octanol–water partition coefficient (Wildman–Crippen LogP) is 3.77. The molecule has 0 saturated carbocycles. The Morgan fingerprint density at radius 2 is 1.74 bits per heavy atom. The molecule has 0 amide bonds. The van der Waals surface area contributed by atoms with Crippen LogP contribution in [-0.4, -0.2) is 9.79 Å². The number of phosphoric ester groups is 1. The van der Waals surface area contributed by atoms with Crippen LogP contribution < -0.4 is 4.52 Å². The van der Waals surface area contributed by atoms with E-state index in [9.17, 15) is 4.57 Å². The average molecular weight is 286 g/mol. The Kier molecular flexibility index (Phi) is 5.19. The van der Waals surface area contributed by atoms with E-state index < -0.39 is 7.82 Å². The third-order valence-electron chi connectivity index (χ3n) is 2.79. The van der Waals surface area contributed by atoms with Crippen LogP contribution in [0.3, 0.4) is 0 Å². The molecule has 0 aliphatic carbocycles. The van der Waals surface area contributed by atoms with Gasteiger partial charge in [0.15, 0.2) is 0 Å². The summed E-state index contributed by atoms with van der Waals surface area (Å²) in [6.07, 6.45) is 2.06. The first kappa shape index (κ1) is 16.2. The second-order valence-electron chi connectivity index (χ2n) is 6.16. The highest BCUT2D eigenvalue weighted by atomic mass is 31.2. The molecule has 0 unspecified atom stereocenters. The molecule has 0 heterocycles. The van der Waals surface area contributed by atoms with Crippen molar-refractivity contribution in [2.75, 3.05) is 0 Å². The van der Waals surface area contributed by atoms with Gasteiger partial charge in [0.2, 0.25) is 0 Å². The Morgan fingerprint density at radius 3 is 2.16 bits per heavy atom. The van der Waals surface area contributed by atoms with Gasteiger partial charge in [0.05, 0.1) is 0 Å². The molecule has 1 rings (SSSR count). The monoisotopic (exact) mass is 286 g/mol. The summed E-state index contributed by atoms with van der Waals surface area (Å²) in [5.74, 6) is 0.839. The van der Waals surface area contributed by atoms with Gasteiger partial charge in [-0.05, 0) is 41.9 Å². The van der Waals surface area contributed by atoms with E-state index in [0.717, 1.165) is 18.4 Å². The van der Waals surface area contributed by atoms with Gasteiger partial charge in [-0.2, -0.15) is 0 Å². The Morgan fingerprint density at radius 1 is 1.21 bits per heavy atom. The van der Waals surface area contributed by atoms with Gasteiger partial charge >= 0.3 is 7.82 Å². The molecular weight excluding hydrogens is 263 g/mol. The van der Waals surface area contributed by atoms with Gasteiger partial charge in [-0.1, -0.05) is 39.8 Å². The normalized spacial score (nSPS) is 12.8. The van der Waals surface area contributed by atoms with Gasteiger partial charge in [0, 0.05) is 0 Å². The Labute approximate surface area is 115 Å². The van der Waals surface area contributed by atoms with Crippen molar-refractivity contribution in [1.29, 1.82) is 0 Å². The largest absolute Gasteiger partial charge is 0.524 e. The zero-order valence-corrected chi connectivity index (χ0v) is 12.9. The summed E-state index contributed by atoms with van der Waals surface area (Å²) in [4.78, 5) is 17.4. The van der Waals surface area contributed by atoms with E-state index in [4.69, 9.17) is 9.79 Å². The van der Waals surface area contributed by atoms with Gasteiger partial charge in [0.1, 0.15) is 5.75 Å². The quantitative estimate of drug-likeness (QED) is 0.781. The highest BCUT2D eigenvalue weighted by molar-refractivity contribution is 7.46. The molecule has 2 N–H and O–H groups in total. The average Bonchev–Trinajstić information content (AvgIpc) is 2.16. The molecule has 0 atom stereocenters. The second kappa shape index (κ2) is 6.08. The topological polar surface area (TPSA) is 66.8 Å². The van der Waals surface area contributed by atoms with E-state index >= 15 is 0 Å². The fourth-order valence-electron chi connectivity index (χ4n) is 2.54. The van der Waals surface area contributed by atoms with Crippen LogP contribution in [0, 0.1) is 11.3 Å². The van der Waals surface area contributed by atoms with Crippen molar-refractivity contribution in [2.24, 2.45) is 11.3 Å². The molecule has 0 saturated heterocycles. The lowest BCUT2D eigenvalue weighted by atomic mass is 9.79. The van der Waals surface area contributed by atoms with Gasteiger partial charge < -0.3 is 4.52 Å². The second-order valence-corrected chi connectivity index (χ2v) is 7.33. The fraction of sp³-hybridized carbons (Fsp3) is 0.571. The zero-order valence-electron chi connectivity index (χ0n) is 12.0. The van der Waals surface area contributed by atoms with E-state index in [1.807, 2.05) is 12.1 Å². The molecular formula is C14H23O4P. The first-order valence-electron chi connectivity index (χ1n) is 6.41. The van der Waals surface area contributed by atoms with Crippen LogP contribution in [-0.2, 0) is 11.0 Å². The van der Waals surface area contributed by atoms with Crippen molar-refractivity contribution < 1.29 is 18.9 Å². The summed E-state index contributed by atoms with van der Waals surface area (Å²) >= 11 is 0. The van der Waals surface area contributed by atoms with Crippen molar-refractivity contribution in [3.8, 4) is 5.75 Å². The van der Waals surface area contributed by atoms with Crippen LogP contribution in [0.2, 0.25) is 0 Å². The highest BCUT2D eigenvalue weighted by Crippen LogP contribution is 2.38. The molecule has 19 heavy (non-hydrogen) atoms. The maximum atomic E-state index is 10.7. The van der Waals surface area contributed by atoms with Gasteiger partial charge in [0.25, 0.3) is 0 Å². The zero-order chi connectivity index (χ0) is 14.7. The minimum atomic E-state index is -4.46. The van der Waals surface area contributed by atoms with Gasteiger partial charge in [-0.15, -0.1) is 0 Å². The predicted molar refractivity (Wildman–Crippen MR) is 76.1 cm³/mol. The standard InChI is InChI=1S/C14H23O4P/c1-11(2)9-14(3,4)10-12-5-7-13(8-6-12)18-19(15,16)17/h5-8,11H,9-10H2,1-4H3,(H2,15,16,17). The number of phosphoric acid groups is 1. The van der Waals surface area contributed by atoms with E-state index in [-0.39, 0.29) is 11.2 Å². The summed E-state index contributed by atoms with van der Waals surface area (Å²) in [6, 6.07) is 6.90. The number of hydrogen-bond acceptors (Lipinski definition) is 2. The van der Waals surface area contributed by atoms with Crippen molar-refractivity contribution in [3.63, 3.8) is 0 Å².